The molecule has 0 heterocycles. The van der Waals surface area contributed by atoms with E-state index in [0.29, 0.717) is 6.42 Å². The summed E-state index contributed by atoms with van der Waals surface area (Å²) in [5, 5.41) is 9.06. The van der Waals surface area contributed by atoms with Gasteiger partial charge in [0.15, 0.2) is 0 Å². The predicted molar refractivity (Wildman–Crippen MR) is 86.0 cm³/mol. The van der Waals surface area contributed by atoms with Crippen molar-refractivity contribution in [3.63, 3.8) is 0 Å². The minimum absolute atomic E-state index is 0. The zero-order chi connectivity index (χ0) is 16.0. The molecule has 0 aliphatic rings. The van der Waals surface area contributed by atoms with E-state index in [1.165, 1.54) is 57.8 Å². The van der Waals surface area contributed by atoms with E-state index in [9.17, 15) is 13.0 Å². The number of hydrogen-bond donors (Lipinski definition) is 1. The van der Waals surface area contributed by atoms with Gasteiger partial charge in [-0.25, -0.2) is 8.42 Å². The second-order valence-electron chi connectivity index (χ2n) is 5.98. The quantitative estimate of drug-likeness (QED) is 0.276. The average Bonchev–Trinajstić information content (AvgIpc) is 2.42. The Morgan fingerprint density at radius 3 is 1.41 bits per heavy atom. The zero-order valence-electron chi connectivity index (χ0n) is 14.6. The van der Waals surface area contributed by atoms with E-state index in [0.717, 1.165) is 19.3 Å². The number of rotatable bonds is 15. The number of aliphatic hydroxyl groups is 1. The third-order valence-corrected chi connectivity index (χ3v) is 4.79. The van der Waals surface area contributed by atoms with Crippen molar-refractivity contribution >= 4 is 10.1 Å². The first-order chi connectivity index (χ1) is 9.98. The van der Waals surface area contributed by atoms with Crippen LogP contribution in [0, 0.1) is 0 Å². The van der Waals surface area contributed by atoms with Crippen LogP contribution >= 0.6 is 0 Å². The topological polar surface area (TPSA) is 77.4 Å². The van der Waals surface area contributed by atoms with Crippen LogP contribution in [0.4, 0.5) is 0 Å². The van der Waals surface area contributed by atoms with Gasteiger partial charge in [-0.1, -0.05) is 84.0 Å². The predicted octanol–water partition coefficient (Wildman–Crippen LogP) is 1.34. The van der Waals surface area contributed by atoms with E-state index in [-0.39, 0.29) is 36.0 Å². The van der Waals surface area contributed by atoms with E-state index in [2.05, 4.69) is 6.92 Å². The molecule has 0 aromatic carbocycles. The van der Waals surface area contributed by atoms with Gasteiger partial charge in [0.2, 0.25) is 0 Å². The molecule has 6 heteroatoms. The zero-order valence-corrected chi connectivity index (χ0v) is 17.4. The van der Waals surface area contributed by atoms with Gasteiger partial charge in [-0.2, -0.15) is 0 Å². The summed E-state index contributed by atoms with van der Waals surface area (Å²) in [5.41, 5.74) is -1.72. The average molecular weight is 344 g/mol. The Morgan fingerprint density at radius 2 is 1.09 bits per heavy atom. The Morgan fingerprint density at radius 1 is 0.773 bits per heavy atom. The molecule has 0 aliphatic heterocycles. The standard InChI is InChI=1S/C16H34O4S.Na/c1-2-3-4-5-6-7-8-9-10-11-12-13-14-15-16(17)21(18,19)20;/h16-17H,2-15H2,1H3,(H,18,19,20);/q;+1/p-1. The van der Waals surface area contributed by atoms with Crippen molar-refractivity contribution in [2.45, 2.75) is 102 Å². The van der Waals surface area contributed by atoms with Gasteiger partial charge in [-0.05, 0) is 12.8 Å². The first-order valence-corrected chi connectivity index (χ1v) is 10.1. The van der Waals surface area contributed by atoms with Crippen molar-refractivity contribution in [2.24, 2.45) is 0 Å². The van der Waals surface area contributed by atoms with Crippen LogP contribution in [0.3, 0.4) is 0 Å². The molecule has 1 unspecified atom stereocenters. The van der Waals surface area contributed by atoms with Crippen LogP contribution in [0.5, 0.6) is 0 Å². The van der Waals surface area contributed by atoms with Gasteiger partial charge in [-0.15, -0.1) is 0 Å². The van der Waals surface area contributed by atoms with Gasteiger partial charge in [0, 0.05) is 0 Å². The molecule has 0 radical (unpaired) electrons. The van der Waals surface area contributed by atoms with Crippen molar-refractivity contribution in [1.82, 2.24) is 0 Å². The fourth-order valence-electron chi connectivity index (χ4n) is 2.48. The molecule has 0 fully saturated rings. The van der Waals surface area contributed by atoms with Crippen LogP contribution in [-0.2, 0) is 10.1 Å². The van der Waals surface area contributed by atoms with Crippen molar-refractivity contribution in [3.8, 4) is 0 Å². The molecule has 22 heavy (non-hydrogen) atoms. The summed E-state index contributed by atoms with van der Waals surface area (Å²) in [6.45, 7) is 2.24. The number of hydrogen-bond acceptors (Lipinski definition) is 4. The monoisotopic (exact) mass is 344 g/mol. The summed E-state index contributed by atoms with van der Waals surface area (Å²) in [6.07, 6.45) is 15.8. The second-order valence-corrected chi connectivity index (χ2v) is 7.51. The van der Waals surface area contributed by atoms with Gasteiger partial charge < -0.3 is 9.66 Å². The van der Waals surface area contributed by atoms with Crippen LogP contribution in [0.2, 0.25) is 0 Å². The molecule has 0 bridgehead atoms. The van der Waals surface area contributed by atoms with Crippen LogP contribution in [0.25, 0.3) is 0 Å². The van der Waals surface area contributed by atoms with Crippen molar-refractivity contribution in [2.75, 3.05) is 0 Å². The molecule has 1 N–H and O–H groups in total. The normalized spacial score (nSPS) is 12.9. The smallest absolute Gasteiger partial charge is 0.746 e. The summed E-state index contributed by atoms with van der Waals surface area (Å²) in [5.74, 6) is 0. The van der Waals surface area contributed by atoms with E-state index >= 15 is 0 Å². The van der Waals surface area contributed by atoms with Gasteiger partial charge in [0.05, 0.1) is 0 Å². The van der Waals surface area contributed by atoms with Gasteiger partial charge in [0.25, 0.3) is 0 Å². The summed E-state index contributed by atoms with van der Waals surface area (Å²) >= 11 is 0. The molecule has 0 aliphatic carbocycles. The van der Waals surface area contributed by atoms with Gasteiger partial charge in [0.1, 0.15) is 15.6 Å². The molecule has 1 atom stereocenters. The third kappa shape index (κ3) is 17.2. The minimum Gasteiger partial charge on any atom is -0.746 e. The van der Waals surface area contributed by atoms with Crippen LogP contribution in [-0.4, -0.2) is 23.5 Å². The molecule has 0 saturated carbocycles. The molecule has 0 saturated heterocycles. The SMILES string of the molecule is CCCCCCCCCCCCCCCC(O)S(=O)(=O)[O-].[Na+]. The molecule has 0 spiro atoms. The minimum atomic E-state index is -4.51. The molecule has 4 nitrogen and oxygen atoms in total. The third-order valence-electron chi connectivity index (χ3n) is 3.89. The van der Waals surface area contributed by atoms with Gasteiger partial charge >= 0.3 is 29.6 Å². The number of unbranched alkanes of at least 4 members (excludes halogenated alkanes) is 12. The van der Waals surface area contributed by atoms with Gasteiger partial charge in [-0.3, -0.25) is 0 Å². The van der Waals surface area contributed by atoms with Crippen molar-refractivity contribution in [3.05, 3.63) is 0 Å². The molecular weight excluding hydrogens is 311 g/mol. The van der Waals surface area contributed by atoms with Crippen molar-refractivity contribution in [1.29, 1.82) is 0 Å². The molecule has 0 aromatic heterocycles. The first kappa shape index (κ1) is 25.1. The summed E-state index contributed by atoms with van der Waals surface area (Å²) < 4.78 is 31.4. The Balaban J connectivity index is 0. The van der Waals surface area contributed by atoms with E-state index < -0.39 is 15.6 Å². The Labute approximate surface area is 159 Å². The Hall–Kier alpha value is 0.870. The van der Waals surface area contributed by atoms with E-state index in [1.807, 2.05) is 0 Å². The fourth-order valence-corrected chi connectivity index (χ4v) is 2.94. The number of aliphatic hydroxyl groups excluding tert-OH is 1. The fraction of sp³-hybridized carbons (Fsp3) is 1.00. The summed E-state index contributed by atoms with van der Waals surface area (Å²) in [4.78, 5) is 0. The van der Waals surface area contributed by atoms with Crippen LogP contribution in [0.1, 0.15) is 96.8 Å². The molecular formula is C16H33NaO4S. The summed E-state index contributed by atoms with van der Waals surface area (Å²) in [6, 6.07) is 0. The first-order valence-electron chi connectivity index (χ1n) is 8.61. The molecule has 128 valence electrons. The maximum Gasteiger partial charge on any atom is 1.00 e. The summed E-state index contributed by atoms with van der Waals surface area (Å²) in [7, 11) is -4.51. The van der Waals surface area contributed by atoms with Crippen molar-refractivity contribution < 1.29 is 47.6 Å². The molecule has 0 rings (SSSR count). The second kappa shape index (κ2) is 16.7. The molecule has 0 amide bonds. The van der Waals surface area contributed by atoms with Crippen LogP contribution in [0.15, 0.2) is 0 Å². The maximum absolute atomic E-state index is 10.5. The largest absolute Gasteiger partial charge is 1.00 e. The Kier molecular flexibility index (Phi) is 19.1. The van der Waals surface area contributed by atoms with Crippen LogP contribution < -0.4 is 29.6 Å². The maximum atomic E-state index is 10.5. The Bertz CT molecular complexity index is 320. The van der Waals surface area contributed by atoms with E-state index in [1.54, 1.807) is 0 Å². The molecule has 0 aromatic rings. The van der Waals surface area contributed by atoms with E-state index in [4.69, 9.17) is 5.11 Å².